The topological polar surface area (TPSA) is 102 Å². The molecule has 1 unspecified atom stereocenters. The molecule has 1 aromatic heterocycles. The lowest BCUT2D eigenvalue weighted by atomic mass is 10.3. The van der Waals surface area contributed by atoms with Gasteiger partial charge < -0.3 is 19.5 Å². The molecule has 2 aromatic rings. The molecule has 0 fully saturated rings. The smallest absolute Gasteiger partial charge is 0.387 e. The second kappa shape index (κ2) is 10.2. The van der Waals surface area contributed by atoms with Gasteiger partial charge in [0.15, 0.2) is 11.6 Å². The number of alkyl halides is 2. The monoisotopic (exact) mass is 397 g/mol. The summed E-state index contributed by atoms with van der Waals surface area (Å²) in [6.07, 6.45) is 2.56. The summed E-state index contributed by atoms with van der Waals surface area (Å²) in [6, 6.07) is 5.09. The Bertz CT molecular complexity index is 835. The highest BCUT2D eigenvalue weighted by atomic mass is 19.3. The first-order valence-corrected chi connectivity index (χ1v) is 7.99. The number of anilines is 1. The molecule has 8 nitrogen and oxygen atoms in total. The molecule has 150 valence electrons. The number of benzene rings is 1. The van der Waals surface area contributed by atoms with Crippen LogP contribution in [0.15, 0.2) is 47.5 Å². The summed E-state index contributed by atoms with van der Waals surface area (Å²) in [7, 11) is 1.55. The first-order chi connectivity index (χ1) is 13.4. The summed E-state index contributed by atoms with van der Waals surface area (Å²) in [5.41, 5.74) is 8.22. The molecule has 11 heteroatoms. The number of aromatic nitrogens is 2. The largest absolute Gasteiger partial charge is 0.457 e. The number of rotatable bonds is 10. The first-order valence-electron chi connectivity index (χ1n) is 7.99. The number of hydrogen-bond acceptors (Lipinski definition) is 8. The Morgan fingerprint density at radius 1 is 1.36 bits per heavy atom. The van der Waals surface area contributed by atoms with E-state index in [1.54, 1.807) is 13.2 Å². The van der Waals surface area contributed by atoms with Gasteiger partial charge in [-0.05, 0) is 25.1 Å². The van der Waals surface area contributed by atoms with Gasteiger partial charge in [-0.15, -0.1) is 0 Å². The highest BCUT2D eigenvalue weighted by molar-refractivity contribution is 5.51. The highest BCUT2D eigenvalue weighted by Crippen LogP contribution is 2.24. The maximum Gasteiger partial charge on any atom is 0.387 e. The van der Waals surface area contributed by atoms with Crippen molar-refractivity contribution in [3.05, 3.63) is 53.9 Å². The summed E-state index contributed by atoms with van der Waals surface area (Å²) in [6.45, 7) is -1.47. The molecule has 1 atom stereocenters. The molecule has 0 amide bonds. The van der Waals surface area contributed by atoms with Gasteiger partial charge in [0.2, 0.25) is 0 Å². The highest BCUT2D eigenvalue weighted by Gasteiger charge is 2.11. The van der Waals surface area contributed by atoms with Gasteiger partial charge in [0, 0.05) is 31.3 Å². The van der Waals surface area contributed by atoms with Crippen molar-refractivity contribution in [3.63, 3.8) is 0 Å². The fourth-order valence-electron chi connectivity index (χ4n) is 1.96. The Labute approximate surface area is 158 Å². The van der Waals surface area contributed by atoms with Gasteiger partial charge in [0.1, 0.15) is 12.3 Å². The maximum atomic E-state index is 13.4. The van der Waals surface area contributed by atoms with E-state index in [0.29, 0.717) is 5.69 Å². The third-order valence-electron chi connectivity index (χ3n) is 3.47. The Hall–Kier alpha value is -3.21. The molecule has 1 heterocycles. The normalized spacial score (nSPS) is 12.6. The summed E-state index contributed by atoms with van der Waals surface area (Å²) in [5.74, 6) is -1.53. The van der Waals surface area contributed by atoms with Crippen molar-refractivity contribution < 1.29 is 27.4 Å². The lowest BCUT2D eigenvalue weighted by Crippen LogP contribution is -2.07. The Kier molecular flexibility index (Phi) is 7.69. The van der Waals surface area contributed by atoms with E-state index >= 15 is 0 Å². The van der Waals surface area contributed by atoms with Crippen LogP contribution in [0.1, 0.15) is 18.7 Å². The third-order valence-corrected chi connectivity index (χ3v) is 3.47. The van der Waals surface area contributed by atoms with Gasteiger partial charge in [-0.3, -0.25) is 0 Å². The van der Waals surface area contributed by atoms with E-state index in [-0.39, 0.29) is 30.1 Å². The van der Waals surface area contributed by atoms with Gasteiger partial charge in [-0.2, -0.15) is 18.9 Å². The Morgan fingerprint density at radius 3 is 2.82 bits per heavy atom. The van der Waals surface area contributed by atoms with Gasteiger partial charge in [-0.25, -0.2) is 14.9 Å². The standard InChI is InChI=1S/C17H18F3N5O3/c1-10(26-2)14-5-6-22-17(24-14)27-9-12(25-21)8-23-11-3-4-13(18)15(7-11)28-16(19)20/h3-8,10,16,21,23H,9H2,1-2H3/b12-8-,25-21?. The quantitative estimate of drug-likeness (QED) is 0.580. The Morgan fingerprint density at radius 2 is 2.14 bits per heavy atom. The fourth-order valence-corrected chi connectivity index (χ4v) is 1.96. The van der Waals surface area contributed by atoms with E-state index in [1.165, 1.54) is 18.5 Å². The molecule has 0 spiro atoms. The zero-order valence-electron chi connectivity index (χ0n) is 15.0. The van der Waals surface area contributed by atoms with Crippen molar-refractivity contribution in [2.24, 2.45) is 5.11 Å². The number of hydrogen-bond donors (Lipinski definition) is 2. The van der Waals surface area contributed by atoms with Crippen LogP contribution in [0.4, 0.5) is 18.9 Å². The molecule has 0 aliphatic rings. The fraction of sp³-hybridized carbons (Fsp3) is 0.294. The van der Waals surface area contributed by atoms with Crippen LogP contribution in [0.3, 0.4) is 0 Å². The van der Waals surface area contributed by atoms with Gasteiger partial charge >= 0.3 is 12.6 Å². The van der Waals surface area contributed by atoms with Crippen molar-refractivity contribution in [1.29, 1.82) is 5.53 Å². The van der Waals surface area contributed by atoms with Crippen molar-refractivity contribution in [2.45, 2.75) is 19.6 Å². The van der Waals surface area contributed by atoms with Crippen LogP contribution >= 0.6 is 0 Å². The van der Waals surface area contributed by atoms with Gasteiger partial charge in [-0.1, -0.05) is 0 Å². The molecular formula is C17H18F3N5O3. The zero-order chi connectivity index (χ0) is 20.5. The van der Waals surface area contributed by atoms with Crippen LogP contribution < -0.4 is 14.8 Å². The molecule has 0 aliphatic heterocycles. The van der Waals surface area contributed by atoms with E-state index in [2.05, 4.69) is 25.1 Å². The maximum absolute atomic E-state index is 13.4. The van der Waals surface area contributed by atoms with Crippen molar-refractivity contribution in [2.75, 3.05) is 19.0 Å². The predicted octanol–water partition coefficient (Wildman–Crippen LogP) is 4.29. The van der Waals surface area contributed by atoms with Crippen molar-refractivity contribution >= 4 is 5.69 Å². The van der Waals surface area contributed by atoms with Gasteiger partial charge in [0.05, 0.1) is 11.8 Å². The van der Waals surface area contributed by atoms with Gasteiger partial charge in [0.25, 0.3) is 0 Å². The van der Waals surface area contributed by atoms with E-state index < -0.39 is 18.2 Å². The number of halogens is 3. The molecule has 2 N–H and O–H groups in total. The number of ether oxygens (including phenoxy) is 3. The second-order valence-corrected chi connectivity index (χ2v) is 5.35. The molecule has 28 heavy (non-hydrogen) atoms. The molecule has 0 bridgehead atoms. The number of nitrogens with one attached hydrogen (secondary N) is 2. The summed E-state index contributed by atoms with van der Waals surface area (Å²) >= 11 is 0. The van der Waals surface area contributed by atoms with Crippen LogP contribution in [0, 0.1) is 11.3 Å². The number of methoxy groups -OCH3 is 1. The lowest BCUT2D eigenvalue weighted by molar-refractivity contribution is -0.0521. The molecule has 0 saturated heterocycles. The number of nitrogens with zero attached hydrogens (tertiary/aromatic N) is 3. The van der Waals surface area contributed by atoms with Crippen LogP contribution in [-0.2, 0) is 4.74 Å². The lowest BCUT2D eigenvalue weighted by Gasteiger charge is -2.10. The first kappa shape index (κ1) is 21.1. The van der Waals surface area contributed by atoms with E-state index in [0.717, 1.165) is 12.1 Å². The minimum absolute atomic E-state index is 0.0744. The van der Waals surface area contributed by atoms with Crippen LogP contribution in [0.2, 0.25) is 0 Å². The minimum Gasteiger partial charge on any atom is -0.457 e. The minimum atomic E-state index is -3.15. The van der Waals surface area contributed by atoms with E-state index in [4.69, 9.17) is 15.0 Å². The molecule has 2 rings (SSSR count). The van der Waals surface area contributed by atoms with Crippen molar-refractivity contribution in [1.82, 2.24) is 9.97 Å². The molecular weight excluding hydrogens is 379 g/mol. The summed E-state index contributed by atoms with van der Waals surface area (Å²) in [4.78, 5) is 8.14. The predicted molar refractivity (Wildman–Crippen MR) is 92.8 cm³/mol. The summed E-state index contributed by atoms with van der Waals surface area (Å²) in [5, 5.41) is 6.00. The average Bonchev–Trinajstić information content (AvgIpc) is 2.69. The van der Waals surface area contributed by atoms with Crippen LogP contribution in [0.25, 0.3) is 0 Å². The molecule has 0 saturated carbocycles. The third kappa shape index (κ3) is 6.20. The molecule has 0 radical (unpaired) electrons. The summed E-state index contributed by atoms with van der Waals surface area (Å²) < 4.78 is 52.6. The zero-order valence-corrected chi connectivity index (χ0v) is 15.0. The Balaban J connectivity index is 2.02. The van der Waals surface area contributed by atoms with Crippen LogP contribution in [-0.4, -0.2) is 30.3 Å². The van der Waals surface area contributed by atoms with E-state index in [1.807, 2.05) is 6.92 Å². The van der Waals surface area contributed by atoms with Crippen LogP contribution in [0.5, 0.6) is 11.8 Å². The molecule has 0 aliphatic carbocycles. The van der Waals surface area contributed by atoms with E-state index in [9.17, 15) is 13.2 Å². The SMILES string of the molecule is COC(C)c1ccnc(OC/C(=C/Nc2ccc(F)c(OC(F)F)c2)N=N)n1. The average molecular weight is 397 g/mol. The second-order valence-electron chi connectivity index (χ2n) is 5.35. The molecule has 1 aromatic carbocycles. The van der Waals surface area contributed by atoms with Crippen molar-refractivity contribution in [3.8, 4) is 11.8 Å².